The van der Waals surface area contributed by atoms with Gasteiger partial charge in [-0.05, 0) is 37.3 Å². The number of piperidine rings is 1. The van der Waals surface area contributed by atoms with Gasteiger partial charge in [0.25, 0.3) is 5.91 Å². The van der Waals surface area contributed by atoms with Gasteiger partial charge in [-0.1, -0.05) is 13.8 Å². The molecule has 2 fully saturated rings. The summed E-state index contributed by atoms with van der Waals surface area (Å²) in [6, 6.07) is 2.25. The second-order valence-electron chi connectivity index (χ2n) is 6.82. The lowest BCUT2D eigenvalue weighted by atomic mass is 9.93. The summed E-state index contributed by atoms with van der Waals surface area (Å²) in [7, 11) is 0. The predicted octanol–water partition coefficient (Wildman–Crippen LogP) is 2.10. The van der Waals surface area contributed by atoms with E-state index in [-0.39, 0.29) is 23.7 Å². The highest BCUT2D eigenvalue weighted by Gasteiger charge is 2.33. The first-order valence-electron chi connectivity index (χ1n) is 7.60. The number of hydrogen-bond acceptors (Lipinski definition) is 3. The Labute approximate surface area is 132 Å². The van der Waals surface area contributed by atoms with Gasteiger partial charge in [0.15, 0.2) is 0 Å². The molecule has 1 aromatic heterocycles. The topological polar surface area (TPSA) is 50.2 Å². The molecule has 21 heavy (non-hydrogen) atoms. The Bertz CT molecular complexity index is 494. The van der Waals surface area contributed by atoms with Gasteiger partial charge in [-0.3, -0.25) is 9.48 Å². The van der Waals surface area contributed by atoms with Crippen LogP contribution in [0.3, 0.4) is 0 Å². The number of halogens is 1. The third-order valence-corrected chi connectivity index (χ3v) is 4.44. The Kier molecular flexibility index (Phi) is 4.94. The average molecular weight is 313 g/mol. The molecule has 0 spiro atoms. The van der Waals surface area contributed by atoms with Gasteiger partial charge in [-0.25, -0.2) is 0 Å². The zero-order chi connectivity index (χ0) is 14.2. The summed E-state index contributed by atoms with van der Waals surface area (Å²) >= 11 is 0. The third kappa shape index (κ3) is 3.58. The molecule has 3 rings (SSSR count). The Hall–Kier alpha value is -1.07. The molecule has 6 heteroatoms. The second-order valence-corrected chi connectivity index (χ2v) is 6.82. The van der Waals surface area contributed by atoms with E-state index in [2.05, 4.69) is 24.3 Å². The number of likely N-dealkylation sites (tertiary alicyclic amines) is 1. The van der Waals surface area contributed by atoms with Gasteiger partial charge in [0.1, 0.15) is 5.69 Å². The van der Waals surface area contributed by atoms with Gasteiger partial charge >= 0.3 is 0 Å². The zero-order valence-corrected chi connectivity index (χ0v) is 13.7. The van der Waals surface area contributed by atoms with E-state index in [0.717, 1.165) is 39.0 Å². The maximum atomic E-state index is 12.5. The molecule has 1 amide bonds. The van der Waals surface area contributed by atoms with Crippen molar-refractivity contribution in [1.82, 2.24) is 20.0 Å². The van der Waals surface area contributed by atoms with Crippen molar-refractivity contribution in [2.75, 3.05) is 26.2 Å². The molecule has 2 aliphatic heterocycles. The van der Waals surface area contributed by atoms with Crippen molar-refractivity contribution in [2.24, 2.45) is 5.41 Å². The summed E-state index contributed by atoms with van der Waals surface area (Å²) in [5, 5.41) is 7.89. The first kappa shape index (κ1) is 16.3. The maximum absolute atomic E-state index is 12.5. The molecule has 2 aliphatic rings. The number of nitrogens with zero attached hydrogens (tertiary/aromatic N) is 3. The van der Waals surface area contributed by atoms with E-state index in [1.165, 1.54) is 6.42 Å². The lowest BCUT2D eigenvalue weighted by Crippen LogP contribution is -2.33. The summed E-state index contributed by atoms with van der Waals surface area (Å²) in [5.74, 6) is 0.0816. The molecule has 118 valence electrons. The van der Waals surface area contributed by atoms with E-state index in [1.807, 2.05) is 21.8 Å². The molecular weight excluding hydrogens is 288 g/mol. The third-order valence-electron chi connectivity index (χ3n) is 4.44. The van der Waals surface area contributed by atoms with Crippen LogP contribution in [0, 0.1) is 5.41 Å². The maximum Gasteiger partial charge on any atom is 0.274 e. The summed E-state index contributed by atoms with van der Waals surface area (Å²) < 4.78 is 1.96. The normalized spacial score (nSPS) is 24.7. The van der Waals surface area contributed by atoms with Crippen LogP contribution in [0.1, 0.15) is 49.6 Å². The summed E-state index contributed by atoms with van der Waals surface area (Å²) in [5.41, 5.74) is 0.833. The first-order chi connectivity index (χ1) is 9.55. The van der Waals surface area contributed by atoms with Gasteiger partial charge < -0.3 is 10.2 Å². The minimum absolute atomic E-state index is 0. The Balaban J connectivity index is 0.00000161. The Morgan fingerprint density at radius 2 is 2.29 bits per heavy atom. The van der Waals surface area contributed by atoms with Crippen molar-refractivity contribution < 1.29 is 4.79 Å². The van der Waals surface area contributed by atoms with Gasteiger partial charge in [0.05, 0.1) is 6.04 Å². The van der Waals surface area contributed by atoms with Crippen LogP contribution in [0.2, 0.25) is 0 Å². The van der Waals surface area contributed by atoms with Crippen LogP contribution in [-0.4, -0.2) is 46.8 Å². The van der Waals surface area contributed by atoms with E-state index in [4.69, 9.17) is 0 Å². The van der Waals surface area contributed by atoms with Crippen molar-refractivity contribution in [3.05, 3.63) is 18.0 Å². The van der Waals surface area contributed by atoms with Crippen LogP contribution < -0.4 is 5.32 Å². The van der Waals surface area contributed by atoms with Gasteiger partial charge in [-0.2, -0.15) is 5.10 Å². The fourth-order valence-electron chi connectivity index (χ4n) is 3.16. The number of carbonyl (C=O) groups excluding carboxylic acids is 1. The number of amides is 1. The SMILES string of the molecule is CC1(C)CCN(C(=O)c2ccn(C3CCCNC3)n2)C1.Cl. The van der Waals surface area contributed by atoms with Crippen LogP contribution in [0.25, 0.3) is 0 Å². The lowest BCUT2D eigenvalue weighted by molar-refractivity contribution is 0.0771. The minimum atomic E-state index is 0. The van der Waals surface area contributed by atoms with Gasteiger partial charge in [-0.15, -0.1) is 12.4 Å². The molecule has 5 nitrogen and oxygen atoms in total. The van der Waals surface area contributed by atoms with Crippen LogP contribution in [-0.2, 0) is 0 Å². The van der Waals surface area contributed by atoms with Crippen LogP contribution in [0.15, 0.2) is 12.3 Å². The molecule has 0 aromatic carbocycles. The molecule has 1 unspecified atom stereocenters. The summed E-state index contributed by atoms with van der Waals surface area (Å²) in [4.78, 5) is 14.4. The molecule has 3 heterocycles. The fourth-order valence-corrected chi connectivity index (χ4v) is 3.16. The average Bonchev–Trinajstić information content (AvgIpc) is 3.05. The highest BCUT2D eigenvalue weighted by atomic mass is 35.5. The van der Waals surface area contributed by atoms with Crippen LogP contribution >= 0.6 is 12.4 Å². The summed E-state index contributed by atoms with van der Waals surface area (Å²) in [6.45, 7) is 8.16. The molecule has 1 N–H and O–H groups in total. The van der Waals surface area contributed by atoms with E-state index < -0.39 is 0 Å². The highest BCUT2D eigenvalue weighted by Crippen LogP contribution is 2.29. The van der Waals surface area contributed by atoms with Crippen molar-refractivity contribution in [3.8, 4) is 0 Å². The van der Waals surface area contributed by atoms with Crippen molar-refractivity contribution >= 4 is 18.3 Å². The van der Waals surface area contributed by atoms with Crippen molar-refractivity contribution in [1.29, 1.82) is 0 Å². The lowest BCUT2D eigenvalue weighted by Gasteiger charge is -2.23. The van der Waals surface area contributed by atoms with Crippen LogP contribution in [0.5, 0.6) is 0 Å². The number of hydrogen-bond donors (Lipinski definition) is 1. The fraction of sp³-hybridized carbons (Fsp3) is 0.733. The molecule has 2 saturated heterocycles. The van der Waals surface area contributed by atoms with Gasteiger partial charge in [0, 0.05) is 25.8 Å². The quantitative estimate of drug-likeness (QED) is 0.910. The molecular formula is C15H25ClN4O. The van der Waals surface area contributed by atoms with E-state index in [9.17, 15) is 4.79 Å². The van der Waals surface area contributed by atoms with E-state index >= 15 is 0 Å². The Morgan fingerprint density at radius 3 is 2.90 bits per heavy atom. The predicted molar refractivity (Wildman–Crippen MR) is 84.9 cm³/mol. The number of rotatable bonds is 2. The molecule has 1 aromatic rings. The minimum Gasteiger partial charge on any atom is -0.337 e. The van der Waals surface area contributed by atoms with Crippen molar-refractivity contribution in [3.63, 3.8) is 0 Å². The zero-order valence-electron chi connectivity index (χ0n) is 12.8. The van der Waals surface area contributed by atoms with Crippen molar-refractivity contribution in [2.45, 2.75) is 39.2 Å². The molecule has 0 saturated carbocycles. The van der Waals surface area contributed by atoms with E-state index in [0.29, 0.717) is 11.7 Å². The molecule has 0 radical (unpaired) electrons. The monoisotopic (exact) mass is 312 g/mol. The molecule has 0 aliphatic carbocycles. The van der Waals surface area contributed by atoms with Crippen LogP contribution in [0.4, 0.5) is 0 Å². The largest absolute Gasteiger partial charge is 0.337 e. The molecule has 0 bridgehead atoms. The van der Waals surface area contributed by atoms with Gasteiger partial charge in [0.2, 0.25) is 0 Å². The standard InChI is InChI=1S/C15H24N4O.ClH/c1-15(2)6-9-18(11-15)14(20)13-5-8-19(17-13)12-4-3-7-16-10-12;/h5,8,12,16H,3-4,6-7,9-11H2,1-2H3;1H. The number of aromatic nitrogens is 2. The highest BCUT2D eigenvalue weighted by molar-refractivity contribution is 5.92. The Morgan fingerprint density at radius 1 is 1.48 bits per heavy atom. The molecule has 1 atom stereocenters. The first-order valence-corrected chi connectivity index (χ1v) is 7.60. The second kappa shape index (κ2) is 6.36. The number of nitrogens with one attached hydrogen (secondary N) is 1. The summed E-state index contributed by atoms with van der Waals surface area (Å²) in [6.07, 6.45) is 5.34. The number of carbonyl (C=O) groups is 1. The smallest absolute Gasteiger partial charge is 0.274 e. The van der Waals surface area contributed by atoms with E-state index in [1.54, 1.807) is 0 Å².